The zero-order valence-electron chi connectivity index (χ0n) is 61.6. The van der Waals surface area contributed by atoms with E-state index in [1.807, 2.05) is 123 Å². The van der Waals surface area contributed by atoms with Crippen LogP contribution in [0.5, 0.6) is 0 Å². The van der Waals surface area contributed by atoms with Gasteiger partial charge < -0.3 is 44.1 Å². The highest BCUT2D eigenvalue weighted by Crippen LogP contribution is 2.53. The third-order valence-corrected chi connectivity index (χ3v) is 23.7. The number of benzene rings is 15. The summed E-state index contributed by atoms with van der Waals surface area (Å²) in [6.45, 7) is -1.81. The van der Waals surface area contributed by atoms with Gasteiger partial charge in [0.05, 0.1) is 17.1 Å². The quantitative estimate of drug-likeness (QED) is 0.0928. The smallest absolute Gasteiger partial charge is 0.252 e. The number of rotatable bonds is 11. The second-order valence-electron chi connectivity index (χ2n) is 29.6. The first-order chi connectivity index (χ1) is 55.6. The summed E-state index contributed by atoms with van der Waals surface area (Å²) < 4.78 is 136. The first kappa shape index (κ1) is 68.2. The fourth-order valence-corrected chi connectivity index (χ4v) is 18.8. The molecule has 0 fully saturated rings. The minimum atomic E-state index is -0.827. The van der Waals surface area contributed by atoms with Crippen molar-refractivity contribution >= 4 is 200 Å². The molecule has 6 heterocycles. The number of hydrogen-bond acceptors (Lipinski definition) is 9. The molecule has 0 N–H and O–H groups in total. The summed E-state index contributed by atoms with van der Waals surface area (Å²) in [5.41, 5.74) is 18.4. The molecule has 0 saturated heterocycles. The Morgan fingerprint density at radius 1 is 0.202 bits per heavy atom. The van der Waals surface area contributed by atoms with Gasteiger partial charge in [-0.2, -0.15) is 0 Å². The Balaban J connectivity index is 0.832. The van der Waals surface area contributed by atoms with Crippen molar-refractivity contribution in [3.8, 4) is 0 Å². The molecular weight excluding hydrogens is 1440 g/mol. The summed E-state index contributed by atoms with van der Waals surface area (Å²) in [6, 6.07) is 89.5. The lowest BCUT2D eigenvalue weighted by Gasteiger charge is -2.47. The van der Waals surface area contributed by atoms with Crippen LogP contribution in [-0.4, -0.2) is 48.3 Å². The molecule has 6 aliphatic rings. The summed E-state index contributed by atoms with van der Waals surface area (Å²) >= 11 is 0. The molecule has 0 unspecified atom stereocenters. The van der Waals surface area contributed by atoms with Crippen LogP contribution >= 0.6 is 0 Å². The summed E-state index contributed by atoms with van der Waals surface area (Å²) in [6.07, 6.45) is 0. The van der Waals surface area contributed by atoms with Gasteiger partial charge >= 0.3 is 0 Å². The third kappa shape index (κ3) is 10.0. The lowest BCUT2D eigenvalue weighted by Crippen LogP contribution is -2.67. The number of halogens is 8. The monoisotopic (exact) mass is 1500 g/mol. The predicted octanol–water partition coefficient (Wildman–Crippen LogP) is 18.6. The zero-order valence-corrected chi connectivity index (χ0v) is 61.6. The molecule has 21 rings (SSSR count). The fraction of sp³-hybridized carbons (Fsp3) is 0.0426. The number of anilines is 23. The molecule has 0 spiro atoms. The number of para-hydroxylation sites is 10. The van der Waals surface area contributed by atoms with Gasteiger partial charge in [0.15, 0.2) is 0 Å². The van der Waals surface area contributed by atoms with Crippen LogP contribution in [0.4, 0.5) is 166 Å². The number of hydrogen-bond donors (Lipinski definition) is 0. The van der Waals surface area contributed by atoms with Gasteiger partial charge in [0.1, 0.15) is 69.3 Å². The first-order valence-electron chi connectivity index (χ1n) is 37.6. The van der Waals surface area contributed by atoms with Crippen molar-refractivity contribution in [3.05, 3.63) is 350 Å². The van der Waals surface area contributed by atoms with Gasteiger partial charge in [0.25, 0.3) is 20.1 Å². The van der Waals surface area contributed by atoms with Crippen molar-refractivity contribution in [1.29, 1.82) is 0 Å². The van der Waals surface area contributed by atoms with Gasteiger partial charge in [-0.15, -0.1) is 0 Å². The Kier molecular flexibility index (Phi) is 15.5. The summed E-state index contributed by atoms with van der Waals surface area (Å²) in [7, 11) is 8.10. The molecule has 0 radical (unpaired) electrons. The molecule has 9 nitrogen and oxygen atoms in total. The molecular formula is C94H62B3F8N9. The maximum atomic E-state index is 17.2. The highest BCUT2D eigenvalue weighted by Gasteiger charge is 2.51. The van der Waals surface area contributed by atoms with E-state index in [1.54, 1.807) is 70.5 Å². The molecule has 548 valence electrons. The SMILES string of the molecule is CN1c2cc3c(cc2B2c4cc5c(cc4N(C)c4cc(N(c6ccccc6)c6ccccc6)cc1c42)N(C)c1cc(N(c2ccccc2)c2c(F)cccc2F)cc2c1B5c1ccccc1N2c1c(F)cccc1F)B1c2ccccc2N(c2c(F)cccc2F)c2cc(N(c4ccccc4)c4c(F)cccc4F)cc(c21)N3C. The normalized spacial score (nSPS) is 13.5. The van der Waals surface area contributed by atoms with Crippen molar-refractivity contribution in [2.24, 2.45) is 0 Å². The Labute approximate surface area is 653 Å². The minimum Gasteiger partial charge on any atom is -0.345 e. The number of nitrogens with zero attached hydrogens (tertiary/aromatic N) is 9. The summed E-state index contributed by atoms with van der Waals surface area (Å²) in [4.78, 5) is 17.2. The van der Waals surface area contributed by atoms with E-state index in [1.165, 1.54) is 82.6 Å². The van der Waals surface area contributed by atoms with Crippen LogP contribution in [0.15, 0.2) is 303 Å². The van der Waals surface area contributed by atoms with Crippen molar-refractivity contribution in [3.63, 3.8) is 0 Å². The lowest BCUT2D eigenvalue weighted by molar-refractivity contribution is 0.585. The van der Waals surface area contributed by atoms with Gasteiger partial charge in [-0.05, 0) is 207 Å². The Morgan fingerprint density at radius 2 is 0.447 bits per heavy atom. The molecule has 15 aromatic rings. The van der Waals surface area contributed by atoms with E-state index in [0.717, 1.165) is 89.4 Å². The van der Waals surface area contributed by atoms with Crippen LogP contribution in [0.25, 0.3) is 0 Å². The predicted molar refractivity (Wildman–Crippen MR) is 452 cm³/mol. The van der Waals surface area contributed by atoms with E-state index < -0.39 is 66.7 Å². The molecule has 0 aliphatic carbocycles. The molecule has 0 aromatic heterocycles. The lowest BCUT2D eigenvalue weighted by atomic mass is 9.29. The Hall–Kier alpha value is -13.9. The second kappa shape index (κ2) is 25.9. The van der Waals surface area contributed by atoms with Gasteiger partial charge in [0.2, 0.25) is 0 Å². The Morgan fingerprint density at radius 3 is 0.763 bits per heavy atom. The van der Waals surface area contributed by atoms with Gasteiger partial charge in [-0.1, -0.05) is 146 Å². The van der Waals surface area contributed by atoms with Crippen LogP contribution < -0.4 is 93.3 Å². The highest BCUT2D eigenvalue weighted by molar-refractivity contribution is 7.04. The fourth-order valence-electron chi connectivity index (χ4n) is 18.8. The van der Waals surface area contributed by atoms with Crippen molar-refractivity contribution in [2.75, 3.05) is 72.3 Å². The van der Waals surface area contributed by atoms with Crippen molar-refractivity contribution in [2.45, 2.75) is 0 Å². The topological polar surface area (TPSA) is 29.2 Å². The molecule has 114 heavy (non-hydrogen) atoms. The largest absolute Gasteiger partial charge is 0.345 e. The molecule has 6 aliphatic heterocycles. The first-order valence-corrected chi connectivity index (χ1v) is 37.6. The highest BCUT2D eigenvalue weighted by atomic mass is 19.2. The molecule has 0 saturated carbocycles. The van der Waals surface area contributed by atoms with E-state index in [0.29, 0.717) is 67.8 Å². The average molecular weight is 1500 g/mol. The average Bonchev–Trinajstić information content (AvgIpc) is 0.682. The maximum absolute atomic E-state index is 17.2. The standard InChI is InChI=1S/C94H62B3F8N9/c1-106-80-53-78-64(95-62-33-17-19-43-76(62)113(93-72(102)39-23-40-73(93)103)86-49-60(47-84(89(86)95)108(78)3)111(57-29-13-7-14-30-57)91-68(98)35-21-36-69(91)99)51-66(80)97-67-52-65-79(54-81(67)107(2)83-46-59(45-82(106)88(83)97)110(55-25-9-5-10-26-55)56-27-11-6-12-28-56)109(4)85-48-61(112(58-31-15-8-16-32-58)92-70(100)37-22-38-71(92)101)50-87-90(85)96(65)63-34-18-20-44-77(63)114(87)94-74(104)41-24-42-75(94)105/h5-54H,1-4H3. The molecule has 0 atom stereocenters. The summed E-state index contributed by atoms with van der Waals surface area (Å²) in [5, 5.41) is 0. The Bertz CT molecular complexity index is 6080. The van der Waals surface area contributed by atoms with Gasteiger partial charge in [-0.25, -0.2) is 35.1 Å². The van der Waals surface area contributed by atoms with Crippen LogP contribution in [0.2, 0.25) is 0 Å². The van der Waals surface area contributed by atoms with E-state index in [4.69, 9.17) is 0 Å². The van der Waals surface area contributed by atoms with Crippen LogP contribution in [0.3, 0.4) is 0 Å². The molecule has 0 bridgehead atoms. The second-order valence-corrected chi connectivity index (χ2v) is 29.6. The molecule has 15 aromatic carbocycles. The molecule has 0 amide bonds. The van der Waals surface area contributed by atoms with Crippen molar-refractivity contribution < 1.29 is 35.1 Å². The maximum Gasteiger partial charge on any atom is 0.252 e. The van der Waals surface area contributed by atoms with E-state index in [9.17, 15) is 0 Å². The zero-order chi connectivity index (χ0) is 77.4. The third-order valence-electron chi connectivity index (χ3n) is 23.7. The van der Waals surface area contributed by atoms with E-state index in [2.05, 4.69) is 99.3 Å². The van der Waals surface area contributed by atoms with Gasteiger partial charge in [-0.3, -0.25) is 0 Å². The molecule has 20 heteroatoms. The van der Waals surface area contributed by atoms with E-state index in [-0.39, 0.29) is 22.7 Å². The summed E-state index contributed by atoms with van der Waals surface area (Å²) in [5.74, 6) is -6.60. The van der Waals surface area contributed by atoms with E-state index >= 15 is 35.1 Å². The van der Waals surface area contributed by atoms with Gasteiger partial charge in [0, 0.05) is 119 Å². The van der Waals surface area contributed by atoms with Crippen LogP contribution in [-0.2, 0) is 0 Å². The number of fused-ring (bicyclic) bond motifs is 12. The minimum absolute atomic E-state index is 0.312. The van der Waals surface area contributed by atoms with Crippen LogP contribution in [0.1, 0.15) is 0 Å². The van der Waals surface area contributed by atoms with Crippen LogP contribution in [0, 0.1) is 46.5 Å². The van der Waals surface area contributed by atoms with Crippen molar-refractivity contribution in [1.82, 2.24) is 0 Å².